The molecule has 7 aromatic heterocycles. The smallest absolute Gasteiger partial charge is 0.159 e. The van der Waals surface area contributed by atoms with Gasteiger partial charge in [-0.15, -0.1) is 0 Å². The van der Waals surface area contributed by atoms with Gasteiger partial charge in [-0.3, -0.25) is 19.9 Å². The van der Waals surface area contributed by atoms with Gasteiger partial charge in [0.2, 0.25) is 0 Å². The quantitative estimate of drug-likeness (QED) is 0.152. The number of nitrogens with zero attached hydrogens (tertiary/aromatic N) is 6. The van der Waals surface area contributed by atoms with Crippen LogP contribution in [-0.4, -0.2) is 29.1 Å². The Morgan fingerprint density at radius 2 is 0.773 bits per heavy atom. The van der Waals surface area contributed by atoms with Crippen LogP contribution in [0.4, 0.5) is 0 Å². The van der Waals surface area contributed by atoms with E-state index in [1.54, 1.807) is 0 Å². The summed E-state index contributed by atoms with van der Waals surface area (Å²) in [6.07, 6.45) is 7.44. The molecule has 350 valence electrons. The van der Waals surface area contributed by atoms with E-state index in [1.807, 2.05) is 67.3 Å². The minimum atomic E-state index is 0.812. The maximum Gasteiger partial charge on any atom is 0.159 e. The molecule has 0 aliphatic carbocycles. The number of benzene rings is 8. The van der Waals surface area contributed by atoms with Gasteiger partial charge >= 0.3 is 0 Å². The summed E-state index contributed by atoms with van der Waals surface area (Å²) in [7, 11) is 0. The van der Waals surface area contributed by atoms with Crippen LogP contribution in [0.15, 0.2) is 260 Å². The molecule has 7 nitrogen and oxygen atoms in total. The number of rotatable bonds is 8. The molecule has 0 unspecified atom stereocenters. The molecule has 0 N–H and O–H groups in total. The zero-order valence-corrected chi connectivity index (χ0v) is 40.3. The molecular weight excluding hydrogens is 917 g/mol. The monoisotopic (exact) mass is 958 g/mol. The standard InChI is InChI=1S/C68H42N6O/c1-4-18-50(58-22-7-10-35-69-58)47(15-1)43-27-31-61-54(39-43)55-40-44(48-16-2-5-19-51(48)59-23-8-11-36-70-59)28-32-62(55)73(61)46-30-34-66-56(42-46)53-21-13-25-65(68(53)75-66)74-63-33-29-45(41-57(63)67-64(74)26-14-38-72-67)49-17-3-6-20-52(49)60-24-9-12-37-71-60/h1-42H. The highest BCUT2D eigenvalue weighted by molar-refractivity contribution is 6.15. The highest BCUT2D eigenvalue weighted by Gasteiger charge is 2.22. The average molecular weight is 959 g/mol. The summed E-state index contributed by atoms with van der Waals surface area (Å²) >= 11 is 0. The van der Waals surface area contributed by atoms with Crippen molar-refractivity contribution in [3.63, 3.8) is 0 Å². The van der Waals surface area contributed by atoms with E-state index >= 15 is 0 Å². The first-order valence-corrected chi connectivity index (χ1v) is 25.2. The van der Waals surface area contributed by atoms with Gasteiger partial charge in [-0.05, 0) is 143 Å². The Bertz CT molecular complexity index is 4570. The molecule has 0 spiro atoms. The molecule has 0 bridgehead atoms. The largest absolute Gasteiger partial charge is 0.454 e. The van der Waals surface area contributed by atoms with Crippen LogP contribution >= 0.6 is 0 Å². The van der Waals surface area contributed by atoms with Gasteiger partial charge in [0, 0.05) is 74.1 Å². The van der Waals surface area contributed by atoms with Gasteiger partial charge in [0.25, 0.3) is 0 Å². The Morgan fingerprint density at radius 1 is 0.293 bits per heavy atom. The minimum Gasteiger partial charge on any atom is -0.454 e. The fraction of sp³-hybridized carbons (Fsp3) is 0. The van der Waals surface area contributed by atoms with Crippen LogP contribution < -0.4 is 0 Å². The fourth-order valence-electron chi connectivity index (χ4n) is 11.4. The molecule has 7 heteroatoms. The molecule has 0 atom stereocenters. The first-order valence-electron chi connectivity index (χ1n) is 25.2. The van der Waals surface area contributed by atoms with Gasteiger partial charge in [0.1, 0.15) is 5.58 Å². The zero-order chi connectivity index (χ0) is 49.4. The summed E-state index contributed by atoms with van der Waals surface area (Å²) in [6, 6.07) is 81.5. The zero-order valence-electron chi connectivity index (χ0n) is 40.3. The molecule has 15 rings (SSSR count). The van der Waals surface area contributed by atoms with Crippen molar-refractivity contribution in [3.8, 4) is 78.5 Å². The number of fused-ring (bicyclic) bond motifs is 9. The van der Waals surface area contributed by atoms with Gasteiger partial charge < -0.3 is 13.6 Å². The van der Waals surface area contributed by atoms with Crippen LogP contribution in [0.5, 0.6) is 0 Å². The molecular formula is C68H42N6O. The summed E-state index contributed by atoms with van der Waals surface area (Å²) in [5.41, 5.74) is 21.6. The van der Waals surface area contributed by atoms with Crippen LogP contribution in [0, 0.1) is 0 Å². The van der Waals surface area contributed by atoms with Crippen molar-refractivity contribution < 1.29 is 4.42 Å². The highest BCUT2D eigenvalue weighted by atomic mass is 16.3. The van der Waals surface area contributed by atoms with Crippen molar-refractivity contribution in [2.45, 2.75) is 0 Å². The van der Waals surface area contributed by atoms with E-state index in [9.17, 15) is 0 Å². The van der Waals surface area contributed by atoms with E-state index in [4.69, 9.17) is 24.4 Å². The lowest BCUT2D eigenvalue weighted by Crippen LogP contribution is -1.95. The predicted octanol–water partition coefficient (Wildman–Crippen LogP) is 17.4. The van der Waals surface area contributed by atoms with Crippen molar-refractivity contribution in [2.24, 2.45) is 0 Å². The van der Waals surface area contributed by atoms with E-state index < -0.39 is 0 Å². The molecule has 0 saturated carbocycles. The first-order chi connectivity index (χ1) is 37.2. The molecule has 7 heterocycles. The maximum absolute atomic E-state index is 6.97. The number of hydrogen-bond acceptors (Lipinski definition) is 5. The van der Waals surface area contributed by atoms with E-state index in [2.05, 4.69) is 197 Å². The van der Waals surface area contributed by atoms with Crippen LogP contribution in [0.3, 0.4) is 0 Å². The van der Waals surface area contributed by atoms with Crippen molar-refractivity contribution in [2.75, 3.05) is 0 Å². The Morgan fingerprint density at radius 3 is 1.29 bits per heavy atom. The summed E-state index contributed by atoms with van der Waals surface area (Å²) in [6.45, 7) is 0. The molecule has 15 aromatic rings. The predicted molar refractivity (Wildman–Crippen MR) is 306 cm³/mol. The lowest BCUT2D eigenvalue weighted by atomic mass is 9.94. The lowest BCUT2D eigenvalue weighted by Gasteiger charge is -2.11. The topological polar surface area (TPSA) is 74.6 Å². The van der Waals surface area contributed by atoms with Crippen molar-refractivity contribution in [1.29, 1.82) is 0 Å². The summed E-state index contributed by atoms with van der Waals surface area (Å²) < 4.78 is 11.7. The van der Waals surface area contributed by atoms with E-state index in [-0.39, 0.29) is 0 Å². The molecule has 0 fully saturated rings. The summed E-state index contributed by atoms with van der Waals surface area (Å²) in [4.78, 5) is 19.2. The number of para-hydroxylation sites is 1. The van der Waals surface area contributed by atoms with E-state index in [0.29, 0.717) is 0 Å². The first kappa shape index (κ1) is 42.4. The van der Waals surface area contributed by atoms with Gasteiger partial charge in [0.05, 0.1) is 50.4 Å². The second-order valence-electron chi connectivity index (χ2n) is 19.0. The van der Waals surface area contributed by atoms with Gasteiger partial charge in [-0.25, -0.2) is 0 Å². The van der Waals surface area contributed by atoms with Crippen LogP contribution in [0.2, 0.25) is 0 Å². The third-order valence-electron chi connectivity index (χ3n) is 14.8. The second-order valence-corrected chi connectivity index (χ2v) is 19.0. The molecule has 8 aromatic carbocycles. The number of pyridine rings is 4. The molecule has 0 aliphatic heterocycles. The molecule has 0 saturated heterocycles. The number of aromatic nitrogens is 6. The van der Waals surface area contributed by atoms with Crippen LogP contribution in [0.25, 0.3) is 144 Å². The van der Waals surface area contributed by atoms with Crippen LogP contribution in [0.1, 0.15) is 0 Å². The average Bonchev–Trinajstić information content (AvgIpc) is 4.16. The Labute approximate surface area is 430 Å². The fourth-order valence-corrected chi connectivity index (χ4v) is 11.4. The van der Waals surface area contributed by atoms with Crippen molar-refractivity contribution in [1.82, 2.24) is 29.1 Å². The Hall–Kier alpha value is -10.2. The Balaban J connectivity index is 0.905. The van der Waals surface area contributed by atoms with Gasteiger partial charge in [-0.2, -0.15) is 0 Å². The third kappa shape index (κ3) is 6.90. The normalized spacial score (nSPS) is 11.7. The summed E-state index contributed by atoms with van der Waals surface area (Å²) in [5, 5.41) is 5.43. The third-order valence-corrected chi connectivity index (χ3v) is 14.8. The van der Waals surface area contributed by atoms with Gasteiger partial charge in [0.15, 0.2) is 5.58 Å². The lowest BCUT2D eigenvalue weighted by molar-refractivity contribution is 0.666. The van der Waals surface area contributed by atoms with Gasteiger partial charge in [-0.1, -0.05) is 121 Å². The van der Waals surface area contributed by atoms with Crippen molar-refractivity contribution in [3.05, 3.63) is 255 Å². The van der Waals surface area contributed by atoms with E-state index in [0.717, 1.165) is 144 Å². The summed E-state index contributed by atoms with van der Waals surface area (Å²) in [5.74, 6) is 0. The minimum absolute atomic E-state index is 0.812. The molecule has 0 aliphatic rings. The SMILES string of the molecule is c1ccc(-c2ccccc2-c2ccc3c(c2)c2cc(-c4ccccc4-c4ccccn4)ccc2n3-c2ccc3oc4c(-n5c6ccc(-c7ccccc7-c7ccccn7)cc6c6ncccc65)cccc4c3c2)nc1. The number of hydrogen-bond donors (Lipinski definition) is 0. The molecule has 0 amide bonds. The highest BCUT2D eigenvalue weighted by Crippen LogP contribution is 2.44. The van der Waals surface area contributed by atoms with E-state index in [1.165, 1.54) is 0 Å². The maximum atomic E-state index is 6.97. The van der Waals surface area contributed by atoms with Crippen LogP contribution in [-0.2, 0) is 0 Å². The second kappa shape index (κ2) is 17.2. The van der Waals surface area contributed by atoms with Crippen molar-refractivity contribution >= 4 is 65.7 Å². The molecule has 0 radical (unpaired) electrons. The molecule has 75 heavy (non-hydrogen) atoms. The number of furan rings is 1. The Kier molecular flexibility index (Phi) is 9.75.